The number of piperidine rings is 1. The zero-order valence-corrected chi connectivity index (χ0v) is 22.1. The van der Waals surface area contributed by atoms with E-state index in [2.05, 4.69) is 22.0 Å². The predicted octanol–water partition coefficient (Wildman–Crippen LogP) is 4.96. The molecule has 0 bridgehead atoms. The second-order valence-corrected chi connectivity index (χ2v) is 10.2. The van der Waals surface area contributed by atoms with Crippen molar-refractivity contribution >= 4 is 50.8 Å². The number of benzene rings is 2. The summed E-state index contributed by atoms with van der Waals surface area (Å²) >= 11 is 4.32. The largest absolute Gasteiger partial charge is 0.493 e. The lowest BCUT2D eigenvalue weighted by Gasteiger charge is -2.27. The number of carbonyl (C=O) groups excluding carboxylic acids is 3. The number of hydrogen-bond donors (Lipinski definition) is 0. The molecule has 2 fully saturated rings. The maximum Gasteiger partial charge on any atom is 0.294 e. The maximum atomic E-state index is 12.9. The van der Waals surface area contributed by atoms with Crippen LogP contribution in [0.1, 0.15) is 36.0 Å². The lowest BCUT2D eigenvalue weighted by molar-refractivity contribution is -0.136. The molecule has 0 atom stereocenters. The summed E-state index contributed by atoms with van der Waals surface area (Å²) in [5, 5.41) is 8.48. The summed E-state index contributed by atoms with van der Waals surface area (Å²) in [7, 11) is 1.51. The van der Waals surface area contributed by atoms with Crippen LogP contribution in [0.25, 0.3) is 6.08 Å². The van der Waals surface area contributed by atoms with E-state index in [4.69, 9.17) is 14.7 Å². The SMILES string of the molecule is COc1cc(/C=C2\SC(=O)N(CC(=O)N3CCCCC3)C2=O)cc(Br)c1OCc1ccc(C#N)cc1. The summed E-state index contributed by atoms with van der Waals surface area (Å²) in [5.41, 5.74) is 2.10. The Bertz CT molecular complexity index is 1250. The Morgan fingerprint density at radius 1 is 1.17 bits per heavy atom. The van der Waals surface area contributed by atoms with Gasteiger partial charge in [-0.1, -0.05) is 12.1 Å². The number of methoxy groups -OCH3 is 1. The molecule has 3 amide bonds. The van der Waals surface area contributed by atoms with Crippen molar-refractivity contribution in [2.45, 2.75) is 25.9 Å². The molecule has 8 nitrogen and oxygen atoms in total. The molecule has 2 aromatic carbocycles. The molecular formula is C26H24BrN3O5S. The molecule has 0 unspecified atom stereocenters. The van der Waals surface area contributed by atoms with Gasteiger partial charge in [-0.15, -0.1) is 0 Å². The van der Waals surface area contributed by atoms with Crippen molar-refractivity contribution in [3.8, 4) is 17.6 Å². The van der Waals surface area contributed by atoms with Gasteiger partial charge >= 0.3 is 0 Å². The third-order valence-electron chi connectivity index (χ3n) is 5.89. The minimum atomic E-state index is -0.480. The van der Waals surface area contributed by atoms with Gasteiger partial charge in [0.05, 0.1) is 28.1 Å². The Labute approximate surface area is 222 Å². The van der Waals surface area contributed by atoms with Crippen LogP contribution in [-0.4, -0.2) is 53.6 Å². The lowest BCUT2D eigenvalue weighted by Crippen LogP contribution is -2.44. The van der Waals surface area contributed by atoms with Gasteiger partial charge in [0.2, 0.25) is 5.91 Å². The zero-order valence-electron chi connectivity index (χ0n) is 19.7. The van der Waals surface area contributed by atoms with E-state index < -0.39 is 11.1 Å². The molecule has 2 aliphatic heterocycles. The van der Waals surface area contributed by atoms with Crippen molar-refractivity contribution in [1.82, 2.24) is 9.80 Å². The van der Waals surface area contributed by atoms with Crippen LogP contribution in [0.2, 0.25) is 0 Å². The van der Waals surface area contributed by atoms with E-state index >= 15 is 0 Å². The van der Waals surface area contributed by atoms with Crippen LogP contribution in [0.4, 0.5) is 4.79 Å². The number of halogens is 1. The number of nitriles is 1. The van der Waals surface area contributed by atoms with E-state index in [-0.39, 0.29) is 24.0 Å². The molecule has 0 saturated carbocycles. The fourth-order valence-electron chi connectivity index (χ4n) is 3.96. The first-order valence-electron chi connectivity index (χ1n) is 11.4. The average Bonchev–Trinajstić information content (AvgIpc) is 3.15. The molecule has 36 heavy (non-hydrogen) atoms. The summed E-state index contributed by atoms with van der Waals surface area (Å²) in [6, 6.07) is 12.6. The number of carbonyl (C=O) groups is 3. The minimum Gasteiger partial charge on any atom is -0.493 e. The molecule has 186 valence electrons. The van der Waals surface area contributed by atoms with Crippen molar-refractivity contribution < 1.29 is 23.9 Å². The summed E-state index contributed by atoms with van der Waals surface area (Å²) < 4.78 is 12.1. The highest BCUT2D eigenvalue weighted by Crippen LogP contribution is 2.39. The van der Waals surface area contributed by atoms with Crippen LogP contribution in [0.15, 0.2) is 45.8 Å². The molecule has 0 N–H and O–H groups in total. The molecule has 0 radical (unpaired) electrons. The Hall–Kier alpha value is -3.29. The van der Waals surface area contributed by atoms with Gasteiger partial charge in [0.15, 0.2) is 11.5 Å². The molecular weight excluding hydrogens is 546 g/mol. The van der Waals surface area contributed by atoms with Gasteiger partial charge in [-0.3, -0.25) is 19.3 Å². The van der Waals surface area contributed by atoms with E-state index in [9.17, 15) is 14.4 Å². The monoisotopic (exact) mass is 569 g/mol. The number of likely N-dealkylation sites (tertiary alicyclic amines) is 1. The first-order chi connectivity index (χ1) is 17.4. The van der Waals surface area contributed by atoms with E-state index in [1.807, 2.05) is 12.1 Å². The predicted molar refractivity (Wildman–Crippen MR) is 139 cm³/mol. The van der Waals surface area contributed by atoms with Gasteiger partial charge < -0.3 is 14.4 Å². The lowest BCUT2D eigenvalue weighted by atomic mass is 10.1. The molecule has 10 heteroatoms. The van der Waals surface area contributed by atoms with E-state index in [0.717, 1.165) is 41.5 Å². The van der Waals surface area contributed by atoms with Gasteiger partial charge in [0.1, 0.15) is 13.2 Å². The van der Waals surface area contributed by atoms with E-state index in [0.29, 0.717) is 40.2 Å². The van der Waals surface area contributed by atoms with Crippen molar-refractivity contribution in [1.29, 1.82) is 5.26 Å². The zero-order chi connectivity index (χ0) is 25.7. The Balaban J connectivity index is 1.47. The number of hydrogen-bond acceptors (Lipinski definition) is 7. The first-order valence-corrected chi connectivity index (χ1v) is 13.0. The topological polar surface area (TPSA) is 99.9 Å². The average molecular weight is 570 g/mol. The second kappa shape index (κ2) is 11.6. The van der Waals surface area contributed by atoms with E-state index in [1.54, 1.807) is 35.2 Å². The number of thioether (sulfide) groups is 1. The summed E-state index contributed by atoms with van der Waals surface area (Å²) in [4.78, 5) is 40.9. The highest BCUT2D eigenvalue weighted by Gasteiger charge is 2.37. The van der Waals surface area contributed by atoms with Crippen LogP contribution in [-0.2, 0) is 16.2 Å². The number of amides is 3. The molecule has 0 aromatic heterocycles. The van der Waals surface area contributed by atoms with Crippen molar-refractivity contribution in [2.75, 3.05) is 26.7 Å². The third kappa shape index (κ3) is 5.91. The quantitative estimate of drug-likeness (QED) is 0.434. The molecule has 2 heterocycles. The molecule has 2 aromatic rings. The molecule has 4 rings (SSSR count). The Morgan fingerprint density at radius 3 is 2.56 bits per heavy atom. The van der Waals surface area contributed by atoms with Gasteiger partial charge in [-0.25, -0.2) is 0 Å². The number of ether oxygens (including phenoxy) is 2. The summed E-state index contributed by atoms with van der Waals surface area (Å²) in [5.74, 6) is 0.251. The van der Waals surface area contributed by atoms with Crippen LogP contribution in [0.3, 0.4) is 0 Å². The molecule has 0 aliphatic carbocycles. The van der Waals surface area contributed by atoms with Crippen LogP contribution in [0, 0.1) is 11.3 Å². The third-order valence-corrected chi connectivity index (χ3v) is 7.39. The highest BCUT2D eigenvalue weighted by molar-refractivity contribution is 9.10. The smallest absolute Gasteiger partial charge is 0.294 e. The van der Waals surface area contributed by atoms with Crippen molar-refractivity contribution in [3.63, 3.8) is 0 Å². The fraction of sp³-hybridized carbons (Fsp3) is 0.308. The van der Waals surface area contributed by atoms with Gasteiger partial charge in [-0.2, -0.15) is 5.26 Å². The molecule has 0 spiro atoms. The molecule has 2 aliphatic rings. The van der Waals surface area contributed by atoms with E-state index in [1.165, 1.54) is 7.11 Å². The van der Waals surface area contributed by atoms with Crippen molar-refractivity contribution in [2.24, 2.45) is 0 Å². The Kier molecular flexibility index (Phi) is 8.33. The van der Waals surface area contributed by atoms with Gasteiger partial charge in [0.25, 0.3) is 11.1 Å². The maximum absolute atomic E-state index is 12.9. The van der Waals surface area contributed by atoms with Crippen LogP contribution >= 0.6 is 27.7 Å². The summed E-state index contributed by atoms with van der Waals surface area (Å²) in [6.07, 6.45) is 4.58. The number of nitrogens with zero attached hydrogens (tertiary/aromatic N) is 3. The van der Waals surface area contributed by atoms with Gasteiger partial charge in [-0.05, 0) is 88.4 Å². The Morgan fingerprint density at radius 2 is 1.89 bits per heavy atom. The van der Waals surface area contributed by atoms with Crippen molar-refractivity contribution in [3.05, 3.63) is 62.5 Å². The highest BCUT2D eigenvalue weighted by atomic mass is 79.9. The standard InChI is InChI=1S/C26H24BrN3O5S/c1-34-21-12-19(11-20(27)24(21)35-16-18-7-5-17(14-28)6-8-18)13-22-25(32)30(26(33)36-22)15-23(31)29-9-3-2-4-10-29/h5-8,11-13H,2-4,9-10,15-16H2,1H3/b22-13-. The number of imide groups is 1. The second-order valence-electron chi connectivity index (χ2n) is 8.34. The normalized spacial score (nSPS) is 16.9. The summed E-state index contributed by atoms with van der Waals surface area (Å²) in [6.45, 7) is 1.36. The van der Waals surface area contributed by atoms with Crippen LogP contribution in [0.5, 0.6) is 11.5 Å². The number of rotatable bonds is 7. The van der Waals surface area contributed by atoms with Crippen LogP contribution < -0.4 is 9.47 Å². The minimum absolute atomic E-state index is 0.202. The van der Waals surface area contributed by atoms with Gasteiger partial charge in [0, 0.05) is 13.1 Å². The first kappa shape index (κ1) is 25.8. The molecule has 2 saturated heterocycles. The fourth-order valence-corrected chi connectivity index (χ4v) is 5.37.